The summed E-state index contributed by atoms with van der Waals surface area (Å²) in [6.45, 7) is 13.9. The second kappa shape index (κ2) is 8.71. The lowest BCUT2D eigenvalue weighted by Gasteiger charge is -2.25. The largest absolute Gasteiger partial charge is 0.243 e. The lowest BCUT2D eigenvalue weighted by atomic mass is 10.1. The maximum Gasteiger partial charge on any atom is 0.243 e. The Morgan fingerprint density at radius 3 is 2.27 bits per heavy atom. The summed E-state index contributed by atoms with van der Waals surface area (Å²) in [6, 6.07) is 6.94. The Balaban J connectivity index is 3.07. The van der Waals surface area contributed by atoms with E-state index in [0.717, 1.165) is 5.56 Å². The summed E-state index contributed by atoms with van der Waals surface area (Å²) >= 11 is 0. The molecule has 1 aromatic rings. The first-order chi connectivity index (χ1) is 10.5. The van der Waals surface area contributed by atoms with E-state index in [-0.39, 0.29) is 5.92 Å². The van der Waals surface area contributed by atoms with Crippen LogP contribution in [0.25, 0.3) is 0 Å². The van der Waals surface area contributed by atoms with Crippen molar-refractivity contribution in [3.63, 3.8) is 0 Å². The number of sulfonamides is 1. The van der Waals surface area contributed by atoms with Gasteiger partial charge in [-0.25, -0.2) is 8.42 Å². The molecule has 4 heteroatoms. The highest BCUT2D eigenvalue weighted by Gasteiger charge is 2.25. The highest BCUT2D eigenvalue weighted by Crippen LogP contribution is 2.20. The van der Waals surface area contributed by atoms with Crippen molar-refractivity contribution in [2.75, 3.05) is 13.1 Å². The van der Waals surface area contributed by atoms with Crippen molar-refractivity contribution in [1.82, 2.24) is 4.31 Å². The van der Waals surface area contributed by atoms with Gasteiger partial charge in [0.1, 0.15) is 0 Å². The molecule has 1 atom stereocenters. The molecule has 3 nitrogen and oxygen atoms in total. The predicted molar refractivity (Wildman–Crippen MR) is 93.3 cm³/mol. The molecule has 1 aromatic carbocycles. The molecule has 0 unspecified atom stereocenters. The fourth-order valence-electron chi connectivity index (χ4n) is 2.13. The number of benzene rings is 1. The van der Waals surface area contributed by atoms with Gasteiger partial charge in [-0.2, -0.15) is 4.31 Å². The van der Waals surface area contributed by atoms with Gasteiger partial charge in [0.05, 0.1) is 4.90 Å². The van der Waals surface area contributed by atoms with Gasteiger partial charge in [0.15, 0.2) is 0 Å². The van der Waals surface area contributed by atoms with Crippen LogP contribution in [-0.4, -0.2) is 25.8 Å². The maximum atomic E-state index is 12.8. The molecule has 0 spiro atoms. The van der Waals surface area contributed by atoms with Gasteiger partial charge in [0.25, 0.3) is 0 Å². The first-order valence-electron chi connectivity index (χ1n) is 7.36. The number of hydrogen-bond donors (Lipinski definition) is 0. The summed E-state index contributed by atoms with van der Waals surface area (Å²) in [7, 11) is -3.51. The van der Waals surface area contributed by atoms with Gasteiger partial charge >= 0.3 is 0 Å². The van der Waals surface area contributed by atoms with Gasteiger partial charge in [-0.05, 0) is 37.8 Å². The van der Waals surface area contributed by atoms with Crippen molar-refractivity contribution in [3.8, 4) is 0 Å². The molecule has 0 heterocycles. The Morgan fingerprint density at radius 1 is 1.14 bits per heavy atom. The number of allylic oxidation sites excluding steroid dienone is 1. The van der Waals surface area contributed by atoms with Crippen molar-refractivity contribution in [3.05, 3.63) is 67.8 Å². The minimum atomic E-state index is -3.51. The van der Waals surface area contributed by atoms with Crippen LogP contribution in [0.1, 0.15) is 18.4 Å². The smallest absolute Gasteiger partial charge is 0.207 e. The van der Waals surface area contributed by atoms with Crippen LogP contribution in [0.2, 0.25) is 0 Å². The minimum Gasteiger partial charge on any atom is -0.207 e. The predicted octanol–water partition coefficient (Wildman–Crippen LogP) is 3.94. The fourth-order valence-corrected chi connectivity index (χ4v) is 3.64. The monoisotopic (exact) mass is 319 g/mol. The van der Waals surface area contributed by atoms with E-state index >= 15 is 0 Å². The summed E-state index contributed by atoms with van der Waals surface area (Å²) in [4.78, 5) is 0.323. The van der Waals surface area contributed by atoms with Gasteiger partial charge in [0.2, 0.25) is 10.0 Å². The molecule has 0 fully saturated rings. The third kappa shape index (κ3) is 4.97. The Hall–Kier alpha value is -1.65. The summed E-state index contributed by atoms with van der Waals surface area (Å²) in [5.41, 5.74) is 1.03. The Bertz CT molecular complexity index is 602. The van der Waals surface area contributed by atoms with Crippen LogP contribution in [0, 0.1) is 12.8 Å². The van der Waals surface area contributed by atoms with Crippen molar-refractivity contribution in [2.24, 2.45) is 5.92 Å². The van der Waals surface area contributed by atoms with Gasteiger partial charge in [-0.1, -0.05) is 35.9 Å². The molecule has 0 aliphatic heterocycles. The van der Waals surface area contributed by atoms with Crippen LogP contribution in [0.4, 0.5) is 0 Å². The second-order valence-corrected chi connectivity index (χ2v) is 7.21. The van der Waals surface area contributed by atoms with E-state index in [1.807, 2.05) is 19.1 Å². The van der Waals surface area contributed by atoms with Crippen LogP contribution in [0.5, 0.6) is 0 Å². The molecular formula is C18H25NO2S. The second-order valence-electron chi connectivity index (χ2n) is 5.27. The van der Waals surface area contributed by atoms with Crippen LogP contribution in [0.15, 0.2) is 67.1 Å². The number of nitrogens with zero attached hydrogens (tertiary/aromatic N) is 1. The summed E-state index contributed by atoms with van der Waals surface area (Å²) in [6.07, 6.45) is 6.62. The van der Waals surface area contributed by atoms with E-state index in [1.165, 1.54) is 4.31 Å². The zero-order valence-electron chi connectivity index (χ0n) is 13.2. The van der Waals surface area contributed by atoms with E-state index in [4.69, 9.17) is 0 Å². The van der Waals surface area contributed by atoms with Crippen LogP contribution < -0.4 is 0 Å². The molecule has 0 saturated carbocycles. The van der Waals surface area contributed by atoms with Crippen molar-refractivity contribution in [2.45, 2.75) is 24.7 Å². The highest BCUT2D eigenvalue weighted by molar-refractivity contribution is 7.89. The van der Waals surface area contributed by atoms with Gasteiger partial charge in [0, 0.05) is 13.1 Å². The SMILES string of the molecule is C=CCCN(C[C@H](C=C)CC=C)S(=O)(=O)c1ccc(C)cc1. The minimum absolute atomic E-state index is 0.0579. The average molecular weight is 319 g/mol. The molecular weight excluding hydrogens is 294 g/mol. The summed E-state index contributed by atoms with van der Waals surface area (Å²) in [5, 5.41) is 0. The van der Waals surface area contributed by atoms with E-state index in [2.05, 4.69) is 19.7 Å². The first-order valence-corrected chi connectivity index (χ1v) is 8.80. The lowest BCUT2D eigenvalue weighted by molar-refractivity contribution is 0.377. The highest BCUT2D eigenvalue weighted by atomic mass is 32.2. The topological polar surface area (TPSA) is 37.4 Å². The molecule has 0 aliphatic rings. The third-order valence-corrected chi connectivity index (χ3v) is 5.36. The molecule has 1 rings (SSSR count). The van der Waals surface area contributed by atoms with Gasteiger partial charge in [-0.3, -0.25) is 0 Å². The zero-order valence-corrected chi connectivity index (χ0v) is 14.1. The van der Waals surface area contributed by atoms with Crippen LogP contribution in [-0.2, 0) is 10.0 Å². The summed E-state index contributed by atoms with van der Waals surface area (Å²) < 4.78 is 27.2. The van der Waals surface area contributed by atoms with Crippen molar-refractivity contribution in [1.29, 1.82) is 0 Å². The van der Waals surface area contributed by atoms with E-state index in [1.54, 1.807) is 30.4 Å². The van der Waals surface area contributed by atoms with E-state index < -0.39 is 10.0 Å². The molecule has 0 aliphatic carbocycles. The molecule has 22 heavy (non-hydrogen) atoms. The first kappa shape index (κ1) is 18.4. The number of rotatable bonds is 10. The third-order valence-electron chi connectivity index (χ3n) is 3.48. The number of hydrogen-bond acceptors (Lipinski definition) is 2. The fraction of sp³-hybridized carbons (Fsp3) is 0.333. The Kier molecular flexibility index (Phi) is 7.28. The molecule has 0 aromatic heterocycles. The Morgan fingerprint density at radius 2 is 1.77 bits per heavy atom. The van der Waals surface area contributed by atoms with E-state index in [0.29, 0.717) is 30.8 Å². The lowest BCUT2D eigenvalue weighted by Crippen LogP contribution is -2.35. The van der Waals surface area contributed by atoms with Crippen LogP contribution in [0.3, 0.4) is 0 Å². The molecule has 0 radical (unpaired) electrons. The Labute approximate surface area is 134 Å². The molecule has 0 amide bonds. The maximum absolute atomic E-state index is 12.8. The standard InChI is InChI=1S/C18H25NO2S/c1-5-8-14-19(15-17(7-3)9-6-2)22(20,21)18-12-10-16(4)11-13-18/h5-7,10-13,17H,1-3,8-9,14-15H2,4H3/t17-/m1/s1. The van der Waals surface area contributed by atoms with Crippen LogP contribution >= 0.6 is 0 Å². The molecule has 0 N–H and O–H groups in total. The average Bonchev–Trinajstić information content (AvgIpc) is 2.50. The normalized spacial score (nSPS) is 12.8. The molecule has 0 saturated heterocycles. The quantitative estimate of drug-likeness (QED) is 0.613. The van der Waals surface area contributed by atoms with Crippen molar-refractivity contribution < 1.29 is 8.42 Å². The van der Waals surface area contributed by atoms with E-state index in [9.17, 15) is 8.42 Å². The molecule has 120 valence electrons. The van der Waals surface area contributed by atoms with Gasteiger partial charge in [-0.15, -0.1) is 19.7 Å². The van der Waals surface area contributed by atoms with Gasteiger partial charge < -0.3 is 0 Å². The zero-order chi connectivity index (χ0) is 16.6. The van der Waals surface area contributed by atoms with Crippen molar-refractivity contribution >= 4 is 10.0 Å². The molecule has 0 bridgehead atoms. The number of aryl methyl sites for hydroxylation is 1. The summed E-state index contributed by atoms with van der Waals surface area (Å²) in [5.74, 6) is 0.0579.